The Hall–Kier alpha value is -3.48. The lowest BCUT2D eigenvalue weighted by molar-refractivity contribution is -0.131. The zero-order valence-corrected chi connectivity index (χ0v) is 19.5. The molecule has 33 heavy (non-hydrogen) atoms. The van der Waals surface area contributed by atoms with Crippen molar-refractivity contribution in [3.05, 3.63) is 101 Å². The highest BCUT2D eigenvalue weighted by molar-refractivity contribution is 5.91. The summed E-state index contributed by atoms with van der Waals surface area (Å²) in [6.45, 7) is 5.01. The summed E-state index contributed by atoms with van der Waals surface area (Å²) in [7, 11) is 4.13. The molecule has 0 spiro atoms. The molecule has 1 N–H and O–H groups in total. The van der Waals surface area contributed by atoms with Crippen LogP contribution in [0.2, 0.25) is 0 Å². The molecule has 3 aromatic rings. The molecule has 0 saturated carbocycles. The number of para-hydroxylation sites is 1. The summed E-state index contributed by atoms with van der Waals surface area (Å²) in [5.74, 6) is -1.58. The van der Waals surface area contributed by atoms with Crippen LogP contribution < -0.4 is 4.74 Å². The second-order valence-corrected chi connectivity index (χ2v) is 7.72. The summed E-state index contributed by atoms with van der Waals surface area (Å²) in [5.41, 5.74) is 3.71. The molecule has 3 aromatic carbocycles. The first-order valence-electron chi connectivity index (χ1n) is 10.7. The summed E-state index contributed by atoms with van der Waals surface area (Å²) in [6, 6.07) is 24.9. The van der Waals surface area contributed by atoms with E-state index in [1.54, 1.807) is 12.1 Å². The van der Waals surface area contributed by atoms with Crippen LogP contribution in [0.5, 0.6) is 5.75 Å². The lowest BCUT2D eigenvalue weighted by atomic mass is 9.97. The van der Waals surface area contributed by atoms with Crippen molar-refractivity contribution in [2.75, 3.05) is 27.2 Å². The average Bonchev–Trinajstić information content (AvgIpc) is 2.78. The molecule has 6 nitrogen and oxygen atoms in total. The van der Waals surface area contributed by atoms with Crippen LogP contribution in [-0.4, -0.2) is 49.2 Å². The van der Waals surface area contributed by atoms with E-state index in [0.717, 1.165) is 13.2 Å². The number of aromatic carboxylic acids is 1. The van der Waals surface area contributed by atoms with E-state index in [0.29, 0.717) is 0 Å². The minimum atomic E-state index is -1.11. The molecule has 6 heteroatoms. The Morgan fingerprint density at radius 3 is 2.12 bits per heavy atom. The number of carbonyl (C=O) groups excluding carboxylic acids is 1. The van der Waals surface area contributed by atoms with E-state index in [2.05, 4.69) is 79.2 Å². The smallest absolute Gasteiger partial charge is 0.339 e. The van der Waals surface area contributed by atoms with E-state index in [-0.39, 0.29) is 17.4 Å². The topological polar surface area (TPSA) is 76.1 Å². The monoisotopic (exact) mass is 449 g/mol. The predicted octanol–water partition coefficient (Wildman–Crippen LogP) is 4.97. The van der Waals surface area contributed by atoms with Gasteiger partial charge in [0.1, 0.15) is 17.4 Å². The van der Waals surface area contributed by atoms with Crippen LogP contribution in [0.15, 0.2) is 78.9 Å². The second-order valence-electron chi connectivity index (χ2n) is 7.72. The number of hydrogen-bond donors (Lipinski definition) is 1. The molecule has 0 aromatic heterocycles. The Kier molecular flexibility index (Phi) is 10.3. The summed E-state index contributed by atoms with van der Waals surface area (Å²) >= 11 is 0. The highest BCUT2D eigenvalue weighted by Crippen LogP contribution is 2.28. The van der Waals surface area contributed by atoms with Gasteiger partial charge in [-0.2, -0.15) is 0 Å². The molecule has 0 saturated heterocycles. The van der Waals surface area contributed by atoms with E-state index in [1.807, 2.05) is 6.07 Å². The molecule has 0 amide bonds. The number of benzene rings is 3. The van der Waals surface area contributed by atoms with Crippen LogP contribution in [-0.2, 0) is 9.53 Å². The number of esters is 1. The Labute approximate surface area is 195 Å². The van der Waals surface area contributed by atoms with Gasteiger partial charge in [0, 0.05) is 13.5 Å². The fourth-order valence-corrected chi connectivity index (χ4v) is 3.11. The van der Waals surface area contributed by atoms with E-state index in [1.165, 1.54) is 35.7 Å². The minimum Gasteiger partial charge on any atom is -0.478 e. The average molecular weight is 450 g/mol. The van der Waals surface area contributed by atoms with Crippen molar-refractivity contribution in [1.82, 2.24) is 4.90 Å². The molecule has 174 valence electrons. The van der Waals surface area contributed by atoms with Gasteiger partial charge in [-0.05, 0) is 49.8 Å². The van der Waals surface area contributed by atoms with Gasteiger partial charge in [-0.3, -0.25) is 4.79 Å². The van der Waals surface area contributed by atoms with Gasteiger partial charge >= 0.3 is 11.9 Å². The van der Waals surface area contributed by atoms with Crippen LogP contribution >= 0.6 is 0 Å². The van der Waals surface area contributed by atoms with Crippen LogP contribution in [0.1, 0.15) is 40.1 Å². The van der Waals surface area contributed by atoms with E-state index >= 15 is 0 Å². The Balaban J connectivity index is 0.000000257. The highest BCUT2D eigenvalue weighted by atomic mass is 16.5. The molecule has 0 aliphatic rings. The van der Waals surface area contributed by atoms with Gasteiger partial charge in [0.2, 0.25) is 0 Å². The van der Waals surface area contributed by atoms with Crippen molar-refractivity contribution in [2.45, 2.75) is 20.0 Å². The summed E-state index contributed by atoms with van der Waals surface area (Å²) in [5, 5.41) is 8.69. The third-order valence-corrected chi connectivity index (χ3v) is 4.77. The van der Waals surface area contributed by atoms with Crippen LogP contribution in [0.4, 0.5) is 0 Å². The number of rotatable bonds is 8. The number of likely N-dealkylation sites (N-methyl/N-ethyl adjacent to an activating group) is 1. The third-order valence-electron chi connectivity index (χ3n) is 4.77. The van der Waals surface area contributed by atoms with E-state index in [4.69, 9.17) is 9.84 Å². The van der Waals surface area contributed by atoms with Crippen LogP contribution in [0.3, 0.4) is 0 Å². The number of ether oxygens (including phenoxy) is 2. The maximum Gasteiger partial charge on any atom is 0.339 e. The first-order chi connectivity index (χ1) is 15.8. The van der Waals surface area contributed by atoms with Gasteiger partial charge < -0.3 is 19.5 Å². The van der Waals surface area contributed by atoms with Gasteiger partial charge in [-0.15, -0.1) is 0 Å². The summed E-state index contributed by atoms with van der Waals surface area (Å²) < 4.78 is 10.9. The van der Waals surface area contributed by atoms with Crippen molar-refractivity contribution < 1.29 is 24.2 Å². The van der Waals surface area contributed by atoms with Gasteiger partial charge in [0.15, 0.2) is 0 Å². The minimum absolute atomic E-state index is 0.0114. The quantitative estimate of drug-likeness (QED) is 0.386. The predicted molar refractivity (Wildman–Crippen MR) is 129 cm³/mol. The lowest BCUT2D eigenvalue weighted by Crippen LogP contribution is -2.20. The third kappa shape index (κ3) is 8.52. The SMILES string of the molecule is CC(=O)Oc1ccccc1C(=O)O.Cc1ccccc1C(OCCN(C)C)c1ccccc1. The van der Waals surface area contributed by atoms with Crippen molar-refractivity contribution in [3.8, 4) is 5.75 Å². The van der Waals surface area contributed by atoms with Crippen molar-refractivity contribution >= 4 is 11.9 Å². The molecule has 1 atom stereocenters. The fraction of sp³-hybridized carbons (Fsp3) is 0.259. The first kappa shape index (κ1) is 25.8. The van der Waals surface area contributed by atoms with Gasteiger partial charge in [-0.25, -0.2) is 4.79 Å². The Morgan fingerprint density at radius 2 is 1.52 bits per heavy atom. The molecule has 0 bridgehead atoms. The number of carboxylic acid groups (broad SMARTS) is 1. The summed E-state index contributed by atoms with van der Waals surface area (Å²) in [6.07, 6.45) is 0.0114. The first-order valence-corrected chi connectivity index (χ1v) is 10.7. The van der Waals surface area contributed by atoms with Gasteiger partial charge in [-0.1, -0.05) is 66.7 Å². The zero-order chi connectivity index (χ0) is 24.2. The van der Waals surface area contributed by atoms with Crippen LogP contribution in [0.25, 0.3) is 0 Å². The number of carboxylic acids is 1. The highest BCUT2D eigenvalue weighted by Gasteiger charge is 2.16. The maximum atomic E-state index is 10.6. The number of hydrogen-bond acceptors (Lipinski definition) is 5. The largest absolute Gasteiger partial charge is 0.478 e. The van der Waals surface area contributed by atoms with Crippen LogP contribution in [0, 0.1) is 6.92 Å². The number of aryl methyl sites for hydroxylation is 1. The molecule has 0 radical (unpaired) electrons. The number of carbonyl (C=O) groups is 2. The molecule has 0 aliphatic carbocycles. The van der Waals surface area contributed by atoms with E-state index in [9.17, 15) is 9.59 Å². The van der Waals surface area contributed by atoms with Gasteiger partial charge in [0.05, 0.1) is 6.61 Å². The molecule has 0 heterocycles. The van der Waals surface area contributed by atoms with Crippen molar-refractivity contribution in [2.24, 2.45) is 0 Å². The molecular formula is C27H31NO5. The molecule has 1 unspecified atom stereocenters. The Morgan fingerprint density at radius 1 is 0.909 bits per heavy atom. The maximum absolute atomic E-state index is 10.6. The van der Waals surface area contributed by atoms with E-state index < -0.39 is 11.9 Å². The molecule has 0 aliphatic heterocycles. The normalized spacial score (nSPS) is 11.3. The molecule has 0 fully saturated rings. The van der Waals surface area contributed by atoms with Crippen molar-refractivity contribution in [1.29, 1.82) is 0 Å². The summed E-state index contributed by atoms with van der Waals surface area (Å²) in [4.78, 5) is 23.3. The standard InChI is InChI=1S/C18H23NO.C9H8O4/c1-15-9-7-8-12-17(15)18(20-14-13-19(2)3)16-10-5-4-6-11-16;1-6(10)13-8-5-3-2-4-7(8)9(11)12/h4-12,18H,13-14H2,1-3H3;2-5H,1H3,(H,11,12). The number of nitrogens with zero attached hydrogens (tertiary/aromatic N) is 1. The molecular weight excluding hydrogens is 418 g/mol. The van der Waals surface area contributed by atoms with Gasteiger partial charge in [0.25, 0.3) is 0 Å². The zero-order valence-electron chi connectivity index (χ0n) is 19.5. The molecule has 3 rings (SSSR count). The fourth-order valence-electron chi connectivity index (χ4n) is 3.11. The Bertz CT molecular complexity index is 1030. The van der Waals surface area contributed by atoms with Crippen molar-refractivity contribution in [3.63, 3.8) is 0 Å². The second kappa shape index (κ2) is 13.2. The lowest BCUT2D eigenvalue weighted by Gasteiger charge is -2.22.